The molecule has 3 heterocycles. The lowest BCUT2D eigenvalue weighted by molar-refractivity contribution is -0.150. The van der Waals surface area contributed by atoms with Crippen molar-refractivity contribution in [2.45, 2.75) is 6.42 Å². The van der Waals surface area contributed by atoms with Gasteiger partial charge < -0.3 is 14.7 Å². The van der Waals surface area contributed by atoms with Crippen LogP contribution in [0.3, 0.4) is 0 Å². The van der Waals surface area contributed by atoms with E-state index in [1.807, 2.05) is 24.3 Å². The summed E-state index contributed by atoms with van der Waals surface area (Å²) in [4.78, 5) is 30.5. The molecule has 1 unspecified atom stereocenters. The van der Waals surface area contributed by atoms with E-state index in [0.29, 0.717) is 25.1 Å². The van der Waals surface area contributed by atoms with Crippen LogP contribution in [0, 0.1) is 11.3 Å². The van der Waals surface area contributed by atoms with E-state index in [4.69, 9.17) is 4.74 Å². The second-order valence-electron chi connectivity index (χ2n) is 6.68. The Labute approximate surface area is 145 Å². The van der Waals surface area contributed by atoms with Gasteiger partial charge in [-0.1, -0.05) is 18.2 Å². The first-order chi connectivity index (χ1) is 12.1. The molecule has 0 aliphatic carbocycles. The summed E-state index contributed by atoms with van der Waals surface area (Å²) in [6, 6.07) is 10.8. The molecule has 6 heteroatoms. The van der Waals surface area contributed by atoms with E-state index in [-0.39, 0.29) is 18.4 Å². The molecule has 2 aromatic rings. The number of amides is 1. The number of ether oxygens (including phenoxy) is 1. The molecule has 1 aromatic heterocycles. The maximum atomic E-state index is 12.8. The molecule has 4 rings (SSSR count). The minimum atomic E-state index is -1.02. The maximum Gasteiger partial charge on any atom is 0.312 e. The number of carbonyl (C=O) groups excluding carboxylic acids is 1. The number of para-hydroxylation sites is 1. The summed E-state index contributed by atoms with van der Waals surface area (Å²) in [7, 11) is 0. The zero-order valence-corrected chi connectivity index (χ0v) is 13.6. The summed E-state index contributed by atoms with van der Waals surface area (Å²) in [6.07, 6.45) is 3.49. The van der Waals surface area contributed by atoms with Crippen LogP contribution in [-0.4, -0.2) is 46.6 Å². The van der Waals surface area contributed by atoms with Gasteiger partial charge in [0.1, 0.15) is 5.75 Å². The predicted molar refractivity (Wildman–Crippen MR) is 89.3 cm³/mol. The smallest absolute Gasteiger partial charge is 0.312 e. The molecule has 25 heavy (non-hydrogen) atoms. The molecule has 0 bridgehead atoms. The molecule has 0 saturated carbocycles. The molecule has 6 nitrogen and oxygen atoms in total. The zero-order valence-electron chi connectivity index (χ0n) is 13.6. The number of hydrogen-bond acceptors (Lipinski definition) is 4. The summed E-state index contributed by atoms with van der Waals surface area (Å²) < 4.78 is 5.86. The van der Waals surface area contributed by atoms with Crippen molar-refractivity contribution in [2.24, 2.45) is 11.3 Å². The molecular formula is C19H18N2O4. The van der Waals surface area contributed by atoms with Crippen LogP contribution in [0.15, 0.2) is 48.8 Å². The van der Waals surface area contributed by atoms with Crippen LogP contribution >= 0.6 is 0 Å². The summed E-state index contributed by atoms with van der Waals surface area (Å²) >= 11 is 0. The molecular weight excluding hydrogens is 320 g/mol. The predicted octanol–water partition coefficient (Wildman–Crippen LogP) is 1.86. The van der Waals surface area contributed by atoms with Gasteiger partial charge in [-0.25, -0.2) is 0 Å². The van der Waals surface area contributed by atoms with Crippen LogP contribution in [0.2, 0.25) is 0 Å². The van der Waals surface area contributed by atoms with Gasteiger partial charge in [-0.15, -0.1) is 0 Å². The van der Waals surface area contributed by atoms with E-state index in [1.165, 1.54) is 0 Å². The third-order valence-corrected chi connectivity index (χ3v) is 5.25. The Kier molecular flexibility index (Phi) is 3.67. The normalized spacial score (nSPS) is 24.6. The first kappa shape index (κ1) is 15.6. The molecule has 2 atom stereocenters. The molecule has 0 radical (unpaired) electrons. The molecule has 1 saturated heterocycles. The maximum absolute atomic E-state index is 12.8. The van der Waals surface area contributed by atoms with Gasteiger partial charge in [-0.05, 0) is 30.2 Å². The number of hydrogen-bond donors (Lipinski definition) is 1. The van der Waals surface area contributed by atoms with Gasteiger partial charge in [0, 0.05) is 37.0 Å². The van der Waals surface area contributed by atoms with E-state index in [2.05, 4.69) is 4.98 Å². The number of aromatic nitrogens is 1. The SMILES string of the molecule is O=C(c1ccncc1)N1CC2COc3ccccc3C[C@@]2(C(=O)O)C1. The van der Waals surface area contributed by atoms with Gasteiger partial charge in [-0.3, -0.25) is 14.6 Å². The van der Waals surface area contributed by atoms with E-state index in [0.717, 1.165) is 11.3 Å². The van der Waals surface area contributed by atoms with Gasteiger partial charge in [0.25, 0.3) is 5.91 Å². The number of fused-ring (bicyclic) bond motifs is 2. The fourth-order valence-electron chi connectivity index (χ4n) is 3.86. The van der Waals surface area contributed by atoms with Gasteiger partial charge in [0.2, 0.25) is 0 Å². The average Bonchev–Trinajstić information content (AvgIpc) is 2.93. The van der Waals surface area contributed by atoms with Gasteiger partial charge >= 0.3 is 5.97 Å². The van der Waals surface area contributed by atoms with E-state index < -0.39 is 11.4 Å². The average molecular weight is 338 g/mol. The highest BCUT2D eigenvalue weighted by atomic mass is 16.5. The molecule has 0 spiro atoms. The number of likely N-dealkylation sites (tertiary alicyclic amines) is 1. The monoisotopic (exact) mass is 338 g/mol. The summed E-state index contributed by atoms with van der Waals surface area (Å²) in [6.45, 7) is 0.858. The Morgan fingerprint density at radius 2 is 1.96 bits per heavy atom. The highest BCUT2D eigenvalue weighted by molar-refractivity contribution is 5.95. The largest absolute Gasteiger partial charge is 0.493 e. The minimum Gasteiger partial charge on any atom is -0.493 e. The molecule has 1 amide bonds. The summed E-state index contributed by atoms with van der Waals surface area (Å²) in [5, 5.41) is 10.0. The van der Waals surface area contributed by atoms with Crippen molar-refractivity contribution in [3.63, 3.8) is 0 Å². The van der Waals surface area contributed by atoms with Crippen molar-refractivity contribution in [2.75, 3.05) is 19.7 Å². The Balaban J connectivity index is 1.67. The zero-order chi connectivity index (χ0) is 17.4. The third kappa shape index (κ3) is 2.54. The standard InChI is InChI=1S/C19H18N2O4/c22-17(13-5-7-20-8-6-13)21-10-15-11-25-16-4-2-1-3-14(16)9-19(15,12-21)18(23)24/h1-8,15H,9-12H2,(H,23,24)/t15?,19-/m1/s1. The first-order valence-electron chi connectivity index (χ1n) is 8.23. The van der Waals surface area contributed by atoms with Crippen LogP contribution < -0.4 is 4.74 Å². The number of carboxylic acid groups (broad SMARTS) is 1. The fourth-order valence-corrected chi connectivity index (χ4v) is 3.86. The first-order valence-corrected chi connectivity index (χ1v) is 8.23. The van der Waals surface area contributed by atoms with Crippen LogP contribution in [-0.2, 0) is 11.2 Å². The minimum absolute atomic E-state index is 0.163. The Morgan fingerprint density at radius 1 is 1.20 bits per heavy atom. The van der Waals surface area contributed by atoms with Gasteiger partial charge in [0.05, 0.1) is 12.0 Å². The number of nitrogens with zero attached hydrogens (tertiary/aromatic N) is 2. The Bertz CT molecular complexity index is 823. The van der Waals surface area contributed by atoms with Crippen molar-refractivity contribution in [3.8, 4) is 5.75 Å². The van der Waals surface area contributed by atoms with Crippen molar-refractivity contribution in [3.05, 3.63) is 59.9 Å². The molecule has 1 N–H and O–H groups in total. The van der Waals surface area contributed by atoms with Crippen LogP contribution in [0.5, 0.6) is 5.75 Å². The van der Waals surface area contributed by atoms with Crippen molar-refractivity contribution in [1.29, 1.82) is 0 Å². The highest BCUT2D eigenvalue weighted by Gasteiger charge is 2.55. The lowest BCUT2D eigenvalue weighted by atomic mass is 9.74. The molecule has 1 fully saturated rings. The molecule has 128 valence electrons. The summed E-state index contributed by atoms with van der Waals surface area (Å²) in [5.41, 5.74) is 0.383. The van der Waals surface area contributed by atoms with Gasteiger partial charge in [-0.2, -0.15) is 0 Å². The van der Waals surface area contributed by atoms with Crippen molar-refractivity contribution >= 4 is 11.9 Å². The van der Waals surface area contributed by atoms with Crippen LogP contribution in [0.4, 0.5) is 0 Å². The second kappa shape index (κ2) is 5.88. The quantitative estimate of drug-likeness (QED) is 0.904. The van der Waals surface area contributed by atoms with Crippen LogP contribution in [0.1, 0.15) is 15.9 Å². The number of pyridine rings is 1. The highest BCUT2D eigenvalue weighted by Crippen LogP contribution is 2.44. The number of rotatable bonds is 2. The number of aliphatic carboxylic acids is 1. The molecule has 1 aromatic carbocycles. The number of benzene rings is 1. The number of carboxylic acids is 1. The van der Waals surface area contributed by atoms with Gasteiger partial charge in [0.15, 0.2) is 0 Å². The van der Waals surface area contributed by atoms with E-state index in [1.54, 1.807) is 29.4 Å². The topological polar surface area (TPSA) is 79.7 Å². The third-order valence-electron chi connectivity index (χ3n) is 5.25. The van der Waals surface area contributed by atoms with Crippen molar-refractivity contribution < 1.29 is 19.4 Å². The molecule has 2 aliphatic heterocycles. The lowest BCUT2D eigenvalue weighted by Crippen LogP contribution is -2.42. The Hall–Kier alpha value is -2.89. The van der Waals surface area contributed by atoms with Crippen molar-refractivity contribution in [1.82, 2.24) is 9.88 Å². The number of carbonyl (C=O) groups is 2. The van der Waals surface area contributed by atoms with E-state index in [9.17, 15) is 14.7 Å². The lowest BCUT2D eigenvalue weighted by Gasteiger charge is -2.27. The van der Waals surface area contributed by atoms with Crippen LogP contribution in [0.25, 0.3) is 0 Å². The second-order valence-corrected chi connectivity index (χ2v) is 6.68. The summed E-state index contributed by atoms with van der Waals surface area (Å²) in [5.74, 6) is -0.542. The fraction of sp³-hybridized carbons (Fsp3) is 0.316. The molecule has 2 aliphatic rings. The Morgan fingerprint density at radius 3 is 2.72 bits per heavy atom. The van der Waals surface area contributed by atoms with E-state index >= 15 is 0 Å².